The first-order valence-corrected chi connectivity index (χ1v) is 15.2. The molecule has 202 valence electrons. The average molecular weight is 538 g/mol. The number of esters is 1. The number of carbonyl (C=O) groups is 2. The Morgan fingerprint density at radius 3 is 2.58 bits per heavy atom. The number of cyclic esters (lactones) is 1. The van der Waals surface area contributed by atoms with Crippen LogP contribution >= 0.6 is 23.1 Å². The molecule has 0 spiro atoms. The number of rotatable bonds is 3. The number of aromatic nitrogens is 1. The zero-order chi connectivity index (χ0) is 26.8. The van der Waals surface area contributed by atoms with Crippen LogP contribution in [0.25, 0.3) is 6.08 Å². The van der Waals surface area contributed by atoms with E-state index in [4.69, 9.17) is 9.47 Å². The van der Waals surface area contributed by atoms with Crippen LogP contribution in [0.3, 0.4) is 0 Å². The van der Waals surface area contributed by atoms with E-state index in [1.165, 1.54) is 0 Å². The van der Waals surface area contributed by atoms with Crippen LogP contribution in [0.2, 0.25) is 0 Å². The number of aliphatic hydroxyl groups is 1. The van der Waals surface area contributed by atoms with Crippen LogP contribution in [-0.4, -0.2) is 52.0 Å². The van der Waals surface area contributed by atoms with E-state index in [1.807, 2.05) is 31.6 Å². The number of hydrogen-bond donors (Lipinski definition) is 1. The molecule has 7 atom stereocenters. The quantitative estimate of drug-likeness (QED) is 0.280. The van der Waals surface area contributed by atoms with E-state index in [-0.39, 0.29) is 35.7 Å². The standard InChI is InChI=1S/C28H43NO5S2/c1-16-10-9-11-28(7)23(34-28)13-21(17(2)12-20-15-36-26(29-20)35-8)33-24(31)14-22(30)27(5,6)25(32)19(4)18(16)3/h12,15-16,18-19,21-23,30H,9-11,13-14H2,1-8H3/b17-12+. The summed E-state index contributed by atoms with van der Waals surface area (Å²) >= 11 is 3.18. The van der Waals surface area contributed by atoms with Crippen molar-refractivity contribution in [2.24, 2.45) is 23.2 Å². The van der Waals surface area contributed by atoms with Gasteiger partial charge in [0.1, 0.15) is 16.2 Å². The molecule has 2 aliphatic heterocycles. The Bertz CT molecular complexity index is 973. The van der Waals surface area contributed by atoms with Crippen molar-refractivity contribution in [3.05, 3.63) is 16.6 Å². The smallest absolute Gasteiger partial charge is 0.309 e. The van der Waals surface area contributed by atoms with Gasteiger partial charge in [-0.05, 0) is 50.0 Å². The van der Waals surface area contributed by atoms with Gasteiger partial charge in [-0.1, -0.05) is 59.2 Å². The topological polar surface area (TPSA) is 89.0 Å². The van der Waals surface area contributed by atoms with E-state index in [2.05, 4.69) is 25.8 Å². The fourth-order valence-corrected chi connectivity index (χ4v) is 6.45. The van der Waals surface area contributed by atoms with Gasteiger partial charge in [0, 0.05) is 17.7 Å². The van der Waals surface area contributed by atoms with E-state index in [9.17, 15) is 14.7 Å². The van der Waals surface area contributed by atoms with E-state index < -0.39 is 23.6 Å². The lowest BCUT2D eigenvalue weighted by Crippen LogP contribution is -2.44. The molecular formula is C28H43NO5S2. The second-order valence-corrected chi connectivity index (χ2v) is 13.5. The number of Topliss-reactive ketones (excluding diaryl/α,β-unsaturated/α-hetero) is 1. The molecule has 8 heteroatoms. The zero-order valence-electron chi connectivity index (χ0n) is 23.0. The number of thioether (sulfide) groups is 1. The first-order valence-electron chi connectivity index (χ1n) is 13.1. The van der Waals surface area contributed by atoms with Crippen LogP contribution in [0.5, 0.6) is 0 Å². The van der Waals surface area contributed by atoms with Gasteiger partial charge in [-0.3, -0.25) is 9.59 Å². The molecule has 0 aromatic carbocycles. The number of epoxide rings is 1. The predicted molar refractivity (Wildman–Crippen MR) is 146 cm³/mol. The van der Waals surface area contributed by atoms with Crippen LogP contribution in [0, 0.1) is 23.2 Å². The number of ketones is 1. The highest BCUT2D eigenvalue weighted by Crippen LogP contribution is 2.45. The van der Waals surface area contributed by atoms with Gasteiger partial charge in [0.25, 0.3) is 0 Å². The second-order valence-electron chi connectivity index (χ2n) is 11.6. The van der Waals surface area contributed by atoms with Gasteiger partial charge in [-0.15, -0.1) is 11.3 Å². The number of fused-ring (bicyclic) bond motifs is 1. The molecule has 0 aliphatic carbocycles. The highest BCUT2D eigenvalue weighted by molar-refractivity contribution is 8.00. The molecule has 0 saturated carbocycles. The Balaban J connectivity index is 1.85. The van der Waals surface area contributed by atoms with E-state index in [0.717, 1.165) is 34.9 Å². The molecule has 1 aromatic rings. The first-order chi connectivity index (χ1) is 16.8. The van der Waals surface area contributed by atoms with Crippen molar-refractivity contribution in [1.82, 2.24) is 4.98 Å². The fourth-order valence-electron chi connectivity index (χ4n) is 5.23. The summed E-state index contributed by atoms with van der Waals surface area (Å²) in [5.41, 5.74) is 0.465. The number of carbonyl (C=O) groups excluding carboxylic acids is 2. The Kier molecular flexibility index (Phi) is 9.51. The van der Waals surface area contributed by atoms with Crippen LogP contribution in [0.1, 0.15) is 86.3 Å². The molecule has 6 nitrogen and oxygen atoms in total. The van der Waals surface area contributed by atoms with Crippen LogP contribution in [0.4, 0.5) is 0 Å². The molecule has 0 amide bonds. The highest BCUT2D eigenvalue weighted by Gasteiger charge is 2.53. The van der Waals surface area contributed by atoms with Crippen molar-refractivity contribution >= 4 is 40.9 Å². The van der Waals surface area contributed by atoms with Gasteiger partial charge >= 0.3 is 5.97 Å². The maximum atomic E-state index is 13.4. The molecule has 3 rings (SSSR count). The summed E-state index contributed by atoms with van der Waals surface area (Å²) in [7, 11) is 0. The lowest BCUT2D eigenvalue weighted by molar-refractivity contribution is -0.154. The predicted octanol–water partition coefficient (Wildman–Crippen LogP) is 6.17. The van der Waals surface area contributed by atoms with Crippen LogP contribution in [-0.2, 0) is 19.1 Å². The molecular weight excluding hydrogens is 494 g/mol. The summed E-state index contributed by atoms with van der Waals surface area (Å²) in [5, 5.41) is 13.0. The number of ether oxygens (including phenoxy) is 2. The number of aliphatic hydroxyl groups excluding tert-OH is 1. The van der Waals surface area contributed by atoms with Gasteiger partial charge in [0.15, 0.2) is 0 Å². The lowest BCUT2D eigenvalue weighted by atomic mass is 9.70. The molecule has 0 radical (unpaired) electrons. The minimum atomic E-state index is -1.12. The monoisotopic (exact) mass is 537 g/mol. The first kappa shape index (κ1) is 29.3. The fraction of sp³-hybridized carbons (Fsp3) is 0.750. The van der Waals surface area contributed by atoms with Gasteiger partial charge in [0.05, 0.1) is 35.3 Å². The van der Waals surface area contributed by atoms with Crippen molar-refractivity contribution < 1.29 is 24.2 Å². The Hall–Kier alpha value is -1.22. The second kappa shape index (κ2) is 11.7. The molecule has 2 aliphatic rings. The van der Waals surface area contributed by atoms with Crippen LogP contribution < -0.4 is 0 Å². The summed E-state index contributed by atoms with van der Waals surface area (Å²) in [6.45, 7) is 13.8. The summed E-state index contributed by atoms with van der Waals surface area (Å²) in [6.07, 6.45) is 5.67. The maximum Gasteiger partial charge on any atom is 0.309 e. The van der Waals surface area contributed by atoms with Gasteiger partial charge in [-0.25, -0.2) is 4.98 Å². The largest absolute Gasteiger partial charge is 0.458 e. The van der Waals surface area contributed by atoms with Crippen molar-refractivity contribution in [1.29, 1.82) is 0 Å². The van der Waals surface area contributed by atoms with E-state index in [0.29, 0.717) is 12.3 Å². The molecule has 7 unspecified atom stereocenters. The van der Waals surface area contributed by atoms with Gasteiger partial charge in [-0.2, -0.15) is 0 Å². The van der Waals surface area contributed by atoms with Crippen LogP contribution in [0.15, 0.2) is 15.3 Å². The summed E-state index contributed by atoms with van der Waals surface area (Å²) in [4.78, 5) is 31.0. The summed E-state index contributed by atoms with van der Waals surface area (Å²) in [6, 6.07) is 0. The third kappa shape index (κ3) is 6.80. The Labute approximate surface area is 224 Å². The molecule has 2 saturated heterocycles. The highest BCUT2D eigenvalue weighted by atomic mass is 32.2. The van der Waals surface area contributed by atoms with Gasteiger partial charge in [0.2, 0.25) is 0 Å². The molecule has 36 heavy (non-hydrogen) atoms. The normalized spacial score (nSPS) is 36.8. The minimum Gasteiger partial charge on any atom is -0.458 e. The lowest BCUT2D eigenvalue weighted by Gasteiger charge is -2.35. The third-order valence-corrected chi connectivity index (χ3v) is 10.4. The van der Waals surface area contributed by atoms with Gasteiger partial charge < -0.3 is 14.6 Å². The Morgan fingerprint density at radius 2 is 1.94 bits per heavy atom. The minimum absolute atomic E-state index is 0.00690. The van der Waals surface area contributed by atoms with Crippen molar-refractivity contribution in [2.45, 2.75) is 109 Å². The maximum absolute atomic E-state index is 13.4. The molecule has 2 fully saturated rings. The zero-order valence-corrected chi connectivity index (χ0v) is 24.6. The molecule has 1 N–H and O–H groups in total. The van der Waals surface area contributed by atoms with Crippen molar-refractivity contribution in [2.75, 3.05) is 6.26 Å². The molecule has 1 aromatic heterocycles. The Morgan fingerprint density at radius 1 is 1.25 bits per heavy atom. The molecule has 0 bridgehead atoms. The van der Waals surface area contributed by atoms with E-state index >= 15 is 0 Å². The summed E-state index contributed by atoms with van der Waals surface area (Å²) in [5.74, 6) is -0.170. The SMILES string of the molecule is CSc1nc(/C=C(\C)C2CC3OC3(C)CCCC(C)C(C)C(C)C(=O)C(C)(C)C(O)CC(=O)O2)cs1. The third-order valence-electron chi connectivity index (χ3n) is 8.56. The van der Waals surface area contributed by atoms with Crippen molar-refractivity contribution in [3.8, 4) is 0 Å². The molecule has 3 heterocycles. The number of nitrogens with zero attached hydrogens (tertiary/aromatic N) is 1. The average Bonchev–Trinajstić information content (AvgIpc) is 3.23. The van der Waals surface area contributed by atoms with E-state index in [1.54, 1.807) is 36.9 Å². The van der Waals surface area contributed by atoms with Crippen molar-refractivity contribution in [3.63, 3.8) is 0 Å². The number of hydrogen-bond acceptors (Lipinski definition) is 8. The number of thiazole rings is 1. The summed E-state index contributed by atoms with van der Waals surface area (Å²) < 4.78 is 13.1.